The third-order valence-electron chi connectivity index (χ3n) is 5.50. The summed E-state index contributed by atoms with van der Waals surface area (Å²) < 4.78 is 18.2. The monoisotopic (exact) mass is 443 g/mol. The standard InChI is InChI=1S/C23H30FN5O3/c1-27(15-16-32-2)20-7-9-25-21(17-20)23(31)26-10-8-22(30)29-13-11-28(12-14-29)19-5-3-18(24)4-6-19/h3-7,9,17H,8,10-16H2,1-2H3,(H,26,31). The molecule has 1 aliphatic heterocycles. The Bertz CT molecular complexity index is 901. The van der Waals surface area contributed by atoms with E-state index in [0.29, 0.717) is 45.0 Å². The first-order valence-electron chi connectivity index (χ1n) is 10.7. The third-order valence-corrected chi connectivity index (χ3v) is 5.50. The van der Waals surface area contributed by atoms with Crippen LogP contribution in [0.3, 0.4) is 0 Å². The quantitative estimate of drug-likeness (QED) is 0.637. The highest BCUT2D eigenvalue weighted by atomic mass is 19.1. The first-order valence-corrected chi connectivity index (χ1v) is 10.7. The number of amides is 2. The minimum atomic E-state index is -0.305. The smallest absolute Gasteiger partial charge is 0.269 e. The second kappa shape index (κ2) is 11.4. The molecule has 0 aliphatic carbocycles. The number of rotatable bonds is 9. The number of anilines is 2. The zero-order valence-corrected chi connectivity index (χ0v) is 18.6. The van der Waals surface area contributed by atoms with Crippen molar-refractivity contribution in [2.45, 2.75) is 6.42 Å². The Morgan fingerprint density at radius 3 is 2.56 bits per heavy atom. The number of ether oxygens (including phenoxy) is 1. The summed E-state index contributed by atoms with van der Waals surface area (Å²) in [6.45, 7) is 4.11. The molecule has 8 nitrogen and oxygen atoms in total. The number of likely N-dealkylation sites (N-methyl/N-ethyl adjacent to an activating group) is 1. The molecule has 1 fully saturated rings. The van der Waals surface area contributed by atoms with Gasteiger partial charge in [-0.3, -0.25) is 14.6 Å². The second-order valence-corrected chi connectivity index (χ2v) is 7.66. The minimum absolute atomic E-state index is 0.00469. The van der Waals surface area contributed by atoms with Gasteiger partial charge in [0.25, 0.3) is 5.91 Å². The van der Waals surface area contributed by atoms with Crippen LogP contribution in [0.25, 0.3) is 0 Å². The van der Waals surface area contributed by atoms with Gasteiger partial charge in [-0.05, 0) is 36.4 Å². The van der Waals surface area contributed by atoms with Gasteiger partial charge >= 0.3 is 0 Å². The number of aromatic nitrogens is 1. The molecule has 0 atom stereocenters. The zero-order valence-electron chi connectivity index (χ0n) is 18.6. The molecule has 0 saturated carbocycles. The van der Waals surface area contributed by atoms with Crippen LogP contribution in [0.4, 0.5) is 15.8 Å². The maximum Gasteiger partial charge on any atom is 0.269 e. The summed E-state index contributed by atoms with van der Waals surface area (Å²) in [6, 6.07) is 9.94. The van der Waals surface area contributed by atoms with Gasteiger partial charge in [0.1, 0.15) is 11.5 Å². The van der Waals surface area contributed by atoms with E-state index >= 15 is 0 Å². The number of hydrogen-bond donors (Lipinski definition) is 1. The molecular formula is C23H30FN5O3. The van der Waals surface area contributed by atoms with Crippen LogP contribution in [0.5, 0.6) is 0 Å². The highest BCUT2D eigenvalue weighted by Crippen LogP contribution is 2.17. The molecule has 172 valence electrons. The summed E-state index contributed by atoms with van der Waals surface area (Å²) in [6.07, 6.45) is 1.83. The predicted molar refractivity (Wildman–Crippen MR) is 122 cm³/mol. The molecule has 2 aromatic rings. The number of benzene rings is 1. The van der Waals surface area contributed by atoms with Gasteiger partial charge in [-0.15, -0.1) is 0 Å². The fourth-order valence-corrected chi connectivity index (χ4v) is 3.54. The Balaban J connectivity index is 1.42. The van der Waals surface area contributed by atoms with Gasteiger partial charge in [0.15, 0.2) is 0 Å². The lowest BCUT2D eigenvalue weighted by Crippen LogP contribution is -2.49. The summed E-state index contributed by atoms with van der Waals surface area (Å²) in [5.41, 5.74) is 2.14. The molecule has 1 aliphatic rings. The lowest BCUT2D eigenvalue weighted by molar-refractivity contribution is -0.131. The fraction of sp³-hybridized carbons (Fsp3) is 0.435. The van der Waals surface area contributed by atoms with E-state index in [1.165, 1.54) is 12.1 Å². The van der Waals surface area contributed by atoms with E-state index in [9.17, 15) is 14.0 Å². The van der Waals surface area contributed by atoms with Gasteiger partial charge in [-0.25, -0.2) is 4.39 Å². The molecule has 9 heteroatoms. The second-order valence-electron chi connectivity index (χ2n) is 7.66. The number of hydrogen-bond acceptors (Lipinski definition) is 6. The fourth-order valence-electron chi connectivity index (χ4n) is 3.54. The molecule has 1 aromatic heterocycles. The number of methoxy groups -OCH3 is 1. The molecule has 1 N–H and O–H groups in total. The van der Waals surface area contributed by atoms with Crippen molar-refractivity contribution in [1.29, 1.82) is 0 Å². The summed E-state index contributed by atoms with van der Waals surface area (Å²) in [5, 5.41) is 2.78. The Kier molecular flexibility index (Phi) is 8.38. The average molecular weight is 444 g/mol. The molecule has 32 heavy (non-hydrogen) atoms. The molecule has 2 amide bonds. The molecule has 2 heterocycles. The van der Waals surface area contributed by atoms with E-state index in [-0.39, 0.29) is 30.6 Å². The van der Waals surface area contributed by atoms with E-state index in [2.05, 4.69) is 15.2 Å². The van der Waals surface area contributed by atoms with Crippen LogP contribution in [-0.2, 0) is 9.53 Å². The largest absolute Gasteiger partial charge is 0.383 e. The molecule has 0 spiro atoms. The van der Waals surface area contributed by atoms with E-state index in [1.807, 2.05) is 18.0 Å². The average Bonchev–Trinajstić information content (AvgIpc) is 2.83. The van der Waals surface area contributed by atoms with Gasteiger partial charge in [0, 0.05) is 77.4 Å². The molecule has 0 bridgehead atoms. The Labute approximate surface area is 188 Å². The Morgan fingerprint density at radius 1 is 1.16 bits per heavy atom. The van der Waals surface area contributed by atoms with Gasteiger partial charge in [0.05, 0.1) is 6.61 Å². The summed E-state index contributed by atoms with van der Waals surface area (Å²) in [7, 11) is 3.57. The van der Waals surface area contributed by atoms with Crippen molar-refractivity contribution >= 4 is 23.2 Å². The SMILES string of the molecule is COCCN(C)c1ccnc(C(=O)NCCC(=O)N2CCN(c3ccc(F)cc3)CC2)c1. The summed E-state index contributed by atoms with van der Waals surface area (Å²) in [4.78, 5) is 35.0. The highest BCUT2D eigenvalue weighted by molar-refractivity contribution is 5.93. The van der Waals surface area contributed by atoms with Crippen molar-refractivity contribution in [3.05, 3.63) is 54.1 Å². The minimum Gasteiger partial charge on any atom is -0.383 e. The molecule has 3 rings (SSSR count). The van der Waals surface area contributed by atoms with Gasteiger partial charge in [-0.1, -0.05) is 0 Å². The van der Waals surface area contributed by atoms with Crippen LogP contribution in [0.1, 0.15) is 16.9 Å². The van der Waals surface area contributed by atoms with Gasteiger partial charge in [0.2, 0.25) is 5.91 Å². The maximum absolute atomic E-state index is 13.1. The number of halogens is 1. The number of nitrogens with zero attached hydrogens (tertiary/aromatic N) is 4. The van der Waals surface area contributed by atoms with Crippen LogP contribution >= 0.6 is 0 Å². The molecule has 0 unspecified atom stereocenters. The van der Waals surface area contributed by atoms with E-state index in [0.717, 1.165) is 11.4 Å². The molecule has 0 radical (unpaired) electrons. The van der Waals surface area contributed by atoms with Crippen LogP contribution in [0, 0.1) is 5.82 Å². The first kappa shape index (κ1) is 23.5. The lowest BCUT2D eigenvalue weighted by atomic mass is 10.2. The van der Waals surface area contributed by atoms with Crippen molar-refractivity contribution in [3.8, 4) is 0 Å². The number of nitrogens with one attached hydrogen (secondary N) is 1. The van der Waals surface area contributed by atoms with Crippen molar-refractivity contribution in [2.24, 2.45) is 0 Å². The van der Waals surface area contributed by atoms with Crippen LogP contribution in [0.15, 0.2) is 42.6 Å². The van der Waals surface area contributed by atoms with E-state index < -0.39 is 0 Å². The number of carbonyl (C=O) groups excluding carboxylic acids is 2. The summed E-state index contributed by atoms with van der Waals surface area (Å²) >= 11 is 0. The van der Waals surface area contributed by atoms with Crippen LogP contribution < -0.4 is 15.1 Å². The van der Waals surface area contributed by atoms with Crippen molar-refractivity contribution < 1.29 is 18.7 Å². The highest BCUT2D eigenvalue weighted by Gasteiger charge is 2.21. The lowest BCUT2D eigenvalue weighted by Gasteiger charge is -2.36. The topological polar surface area (TPSA) is 78.0 Å². The van der Waals surface area contributed by atoms with Crippen molar-refractivity contribution in [3.63, 3.8) is 0 Å². The first-order chi connectivity index (χ1) is 15.5. The zero-order chi connectivity index (χ0) is 22.9. The van der Waals surface area contributed by atoms with Crippen molar-refractivity contribution in [2.75, 3.05) is 69.8 Å². The van der Waals surface area contributed by atoms with Crippen molar-refractivity contribution in [1.82, 2.24) is 15.2 Å². The number of pyridine rings is 1. The number of piperazine rings is 1. The third kappa shape index (κ3) is 6.40. The predicted octanol–water partition coefficient (Wildman–Crippen LogP) is 1.77. The van der Waals surface area contributed by atoms with Gasteiger partial charge < -0.3 is 24.8 Å². The maximum atomic E-state index is 13.1. The summed E-state index contributed by atoms with van der Waals surface area (Å²) in [5.74, 6) is -0.560. The van der Waals surface area contributed by atoms with Gasteiger partial charge in [-0.2, -0.15) is 0 Å². The van der Waals surface area contributed by atoms with E-state index in [1.54, 1.807) is 36.4 Å². The Morgan fingerprint density at radius 2 is 1.88 bits per heavy atom. The Hall–Kier alpha value is -3.20. The van der Waals surface area contributed by atoms with E-state index in [4.69, 9.17) is 4.74 Å². The molecule has 1 aromatic carbocycles. The van der Waals surface area contributed by atoms with Crippen LogP contribution in [-0.4, -0.2) is 81.7 Å². The number of carbonyl (C=O) groups is 2. The molecular weight excluding hydrogens is 413 g/mol. The molecule has 1 saturated heterocycles. The normalized spacial score (nSPS) is 13.7. The van der Waals surface area contributed by atoms with Crippen LogP contribution in [0.2, 0.25) is 0 Å².